The SMILES string of the molecule is CCOc1ccc2nc(NC(=O)c3ccc(S(=O)(=O)N(C)C4CCCCC4)cc3)sc2c1. The van der Waals surface area contributed by atoms with Crippen LogP contribution in [-0.2, 0) is 10.0 Å². The van der Waals surface area contributed by atoms with Gasteiger partial charge in [0.25, 0.3) is 5.91 Å². The molecule has 1 amide bonds. The van der Waals surface area contributed by atoms with Gasteiger partial charge in [0.1, 0.15) is 5.75 Å². The molecule has 2 aromatic carbocycles. The summed E-state index contributed by atoms with van der Waals surface area (Å²) in [6, 6.07) is 11.7. The van der Waals surface area contributed by atoms with E-state index in [1.807, 2.05) is 25.1 Å². The second-order valence-corrected chi connectivity index (χ2v) is 10.9. The van der Waals surface area contributed by atoms with Gasteiger partial charge in [-0.25, -0.2) is 13.4 Å². The van der Waals surface area contributed by atoms with Gasteiger partial charge in [-0.2, -0.15) is 4.31 Å². The van der Waals surface area contributed by atoms with Crippen LogP contribution in [0, 0.1) is 0 Å². The summed E-state index contributed by atoms with van der Waals surface area (Å²) in [4.78, 5) is 17.3. The van der Waals surface area contributed by atoms with E-state index in [0.29, 0.717) is 17.3 Å². The Hall–Kier alpha value is -2.49. The third kappa shape index (κ3) is 4.79. The minimum atomic E-state index is -3.59. The lowest BCUT2D eigenvalue weighted by atomic mass is 9.96. The van der Waals surface area contributed by atoms with Gasteiger partial charge in [-0.15, -0.1) is 0 Å². The predicted octanol–water partition coefficient (Wildman–Crippen LogP) is 4.90. The summed E-state index contributed by atoms with van der Waals surface area (Å²) in [7, 11) is -1.94. The number of aromatic nitrogens is 1. The summed E-state index contributed by atoms with van der Waals surface area (Å²) >= 11 is 1.36. The summed E-state index contributed by atoms with van der Waals surface area (Å²) in [5.41, 5.74) is 1.15. The van der Waals surface area contributed by atoms with Crippen LogP contribution in [0.5, 0.6) is 5.75 Å². The molecule has 7 nitrogen and oxygen atoms in total. The first-order chi connectivity index (χ1) is 15.4. The maximum atomic E-state index is 13.0. The fraction of sp³-hybridized carbons (Fsp3) is 0.391. The molecular weight excluding hydrogens is 446 g/mol. The van der Waals surface area contributed by atoms with E-state index in [1.54, 1.807) is 7.05 Å². The number of carbonyl (C=O) groups is 1. The number of sulfonamides is 1. The van der Waals surface area contributed by atoms with Gasteiger partial charge in [-0.3, -0.25) is 10.1 Å². The molecule has 4 rings (SSSR count). The van der Waals surface area contributed by atoms with Gasteiger partial charge < -0.3 is 4.74 Å². The number of carbonyl (C=O) groups excluding carboxylic acids is 1. The maximum absolute atomic E-state index is 13.0. The van der Waals surface area contributed by atoms with Crippen molar-refractivity contribution in [3.63, 3.8) is 0 Å². The molecule has 0 saturated heterocycles. The van der Waals surface area contributed by atoms with Gasteiger partial charge in [0.15, 0.2) is 5.13 Å². The number of fused-ring (bicyclic) bond motifs is 1. The van der Waals surface area contributed by atoms with Crippen LogP contribution in [0.15, 0.2) is 47.4 Å². The van der Waals surface area contributed by atoms with Gasteiger partial charge in [-0.1, -0.05) is 30.6 Å². The number of anilines is 1. The van der Waals surface area contributed by atoms with Gasteiger partial charge in [-0.05, 0) is 62.2 Å². The number of thiazole rings is 1. The predicted molar refractivity (Wildman–Crippen MR) is 127 cm³/mol. The van der Waals surface area contributed by atoms with E-state index in [0.717, 1.165) is 48.1 Å². The third-order valence-electron chi connectivity index (χ3n) is 5.77. The van der Waals surface area contributed by atoms with E-state index in [4.69, 9.17) is 4.74 Å². The molecule has 0 bridgehead atoms. The maximum Gasteiger partial charge on any atom is 0.257 e. The molecule has 0 aliphatic heterocycles. The van der Waals surface area contributed by atoms with E-state index in [9.17, 15) is 13.2 Å². The molecule has 0 unspecified atom stereocenters. The largest absolute Gasteiger partial charge is 0.494 e. The van der Waals surface area contributed by atoms with Crippen LogP contribution in [0.1, 0.15) is 49.4 Å². The molecule has 1 aliphatic carbocycles. The second kappa shape index (κ2) is 9.56. The quantitative estimate of drug-likeness (QED) is 0.527. The molecular formula is C23H27N3O4S2. The molecule has 9 heteroatoms. The molecule has 1 heterocycles. The molecule has 1 N–H and O–H groups in total. The molecule has 3 aromatic rings. The normalized spacial score (nSPS) is 15.2. The van der Waals surface area contributed by atoms with Crippen molar-refractivity contribution in [2.24, 2.45) is 0 Å². The first-order valence-electron chi connectivity index (χ1n) is 10.8. The lowest BCUT2D eigenvalue weighted by molar-refractivity contribution is 0.102. The number of nitrogens with one attached hydrogen (secondary N) is 1. The highest BCUT2D eigenvalue weighted by Gasteiger charge is 2.29. The Bertz CT molecular complexity index is 1200. The van der Waals surface area contributed by atoms with Crippen molar-refractivity contribution in [3.05, 3.63) is 48.0 Å². The van der Waals surface area contributed by atoms with Crippen molar-refractivity contribution in [2.75, 3.05) is 19.0 Å². The lowest BCUT2D eigenvalue weighted by Crippen LogP contribution is -2.38. The molecule has 0 spiro atoms. The minimum Gasteiger partial charge on any atom is -0.494 e. The van der Waals surface area contributed by atoms with E-state index >= 15 is 0 Å². The summed E-state index contributed by atoms with van der Waals surface area (Å²) < 4.78 is 33.9. The van der Waals surface area contributed by atoms with Crippen molar-refractivity contribution in [2.45, 2.75) is 50.0 Å². The molecule has 1 saturated carbocycles. The Kier molecular flexibility index (Phi) is 6.78. The average molecular weight is 474 g/mol. The van der Waals surface area contributed by atoms with Crippen molar-refractivity contribution in [1.29, 1.82) is 0 Å². The Morgan fingerprint density at radius 2 is 1.88 bits per heavy atom. The number of hydrogen-bond acceptors (Lipinski definition) is 6. The summed E-state index contributed by atoms with van der Waals surface area (Å²) in [6.07, 6.45) is 5.07. The van der Waals surface area contributed by atoms with Gasteiger partial charge >= 0.3 is 0 Å². The summed E-state index contributed by atoms with van der Waals surface area (Å²) in [6.45, 7) is 2.50. The summed E-state index contributed by atoms with van der Waals surface area (Å²) in [5.74, 6) is 0.426. The van der Waals surface area contributed by atoms with Crippen LogP contribution in [0.2, 0.25) is 0 Å². The van der Waals surface area contributed by atoms with Gasteiger partial charge in [0.2, 0.25) is 10.0 Å². The number of rotatable bonds is 7. The van der Waals surface area contributed by atoms with Crippen LogP contribution in [0.4, 0.5) is 5.13 Å². The summed E-state index contributed by atoms with van der Waals surface area (Å²) in [5, 5.41) is 3.28. The molecule has 1 aliphatic rings. The fourth-order valence-electron chi connectivity index (χ4n) is 3.97. The average Bonchev–Trinajstić information content (AvgIpc) is 3.21. The smallest absolute Gasteiger partial charge is 0.257 e. The van der Waals surface area contributed by atoms with Crippen LogP contribution < -0.4 is 10.1 Å². The number of nitrogens with zero attached hydrogens (tertiary/aromatic N) is 2. The molecule has 170 valence electrons. The Morgan fingerprint density at radius 3 is 2.56 bits per heavy atom. The third-order valence-corrected chi connectivity index (χ3v) is 8.63. The number of amides is 1. The number of ether oxygens (including phenoxy) is 1. The zero-order chi connectivity index (χ0) is 22.7. The van der Waals surface area contributed by atoms with E-state index in [1.165, 1.54) is 39.9 Å². The minimum absolute atomic E-state index is 0.0407. The van der Waals surface area contributed by atoms with E-state index in [2.05, 4.69) is 10.3 Å². The van der Waals surface area contributed by atoms with Gasteiger partial charge in [0, 0.05) is 18.7 Å². The van der Waals surface area contributed by atoms with Crippen LogP contribution in [0.25, 0.3) is 10.2 Å². The Labute approximate surface area is 192 Å². The topological polar surface area (TPSA) is 88.6 Å². The molecule has 1 fully saturated rings. The van der Waals surface area contributed by atoms with Crippen LogP contribution in [0.3, 0.4) is 0 Å². The number of hydrogen-bond donors (Lipinski definition) is 1. The molecule has 0 radical (unpaired) electrons. The molecule has 0 atom stereocenters. The first kappa shape index (κ1) is 22.7. The van der Waals surface area contributed by atoms with Crippen molar-refractivity contribution >= 4 is 42.6 Å². The van der Waals surface area contributed by atoms with Crippen molar-refractivity contribution in [3.8, 4) is 5.75 Å². The monoisotopic (exact) mass is 473 g/mol. The van der Waals surface area contributed by atoms with Gasteiger partial charge in [0.05, 0.1) is 21.7 Å². The second-order valence-electron chi connectivity index (χ2n) is 7.87. The Morgan fingerprint density at radius 1 is 1.16 bits per heavy atom. The first-order valence-corrected chi connectivity index (χ1v) is 13.1. The number of benzene rings is 2. The highest BCUT2D eigenvalue weighted by molar-refractivity contribution is 7.89. The zero-order valence-electron chi connectivity index (χ0n) is 18.2. The van der Waals surface area contributed by atoms with Crippen LogP contribution in [-0.4, -0.2) is 43.3 Å². The highest BCUT2D eigenvalue weighted by atomic mass is 32.2. The van der Waals surface area contributed by atoms with Crippen LogP contribution >= 0.6 is 11.3 Å². The molecule has 32 heavy (non-hydrogen) atoms. The fourth-order valence-corrected chi connectivity index (χ4v) is 6.27. The standard InChI is InChI=1S/C23H27N3O4S2/c1-3-30-18-11-14-20-21(15-18)31-23(24-20)25-22(27)16-9-12-19(13-10-16)32(28,29)26(2)17-7-5-4-6-8-17/h9-15,17H,3-8H2,1-2H3,(H,24,25,27). The van der Waals surface area contributed by atoms with Crippen molar-refractivity contribution in [1.82, 2.24) is 9.29 Å². The lowest BCUT2D eigenvalue weighted by Gasteiger charge is -2.30. The van der Waals surface area contributed by atoms with E-state index in [-0.39, 0.29) is 16.8 Å². The highest BCUT2D eigenvalue weighted by Crippen LogP contribution is 2.30. The Balaban J connectivity index is 1.46. The van der Waals surface area contributed by atoms with E-state index < -0.39 is 10.0 Å². The molecule has 1 aromatic heterocycles. The zero-order valence-corrected chi connectivity index (χ0v) is 19.8. The van der Waals surface area contributed by atoms with Crippen molar-refractivity contribution < 1.29 is 17.9 Å².